The number of rotatable bonds is 0. The van der Waals surface area contributed by atoms with Crippen LogP contribution in [0.4, 0.5) is 0 Å². The van der Waals surface area contributed by atoms with E-state index < -0.39 is 0 Å². The molecule has 0 amide bonds. The van der Waals surface area contributed by atoms with Gasteiger partial charge in [-0.1, -0.05) is 12.8 Å². The minimum absolute atomic E-state index is 1.10. The van der Waals surface area contributed by atoms with Crippen molar-refractivity contribution >= 4 is 0 Å². The Hall–Kier alpha value is 0. The second kappa shape index (κ2) is 4.28. The van der Waals surface area contributed by atoms with Crippen molar-refractivity contribution in [1.82, 2.24) is 0 Å². The van der Waals surface area contributed by atoms with E-state index >= 15 is 0 Å². The van der Waals surface area contributed by atoms with E-state index in [2.05, 4.69) is 6.42 Å². The predicted octanol–water partition coefficient (Wildman–Crippen LogP) is 4.84. The van der Waals surface area contributed by atoms with Crippen LogP contribution in [0.1, 0.15) is 64.2 Å². The van der Waals surface area contributed by atoms with E-state index in [1.807, 2.05) is 0 Å². The highest BCUT2D eigenvalue weighted by Crippen LogP contribution is 2.57. The molecule has 6 atom stereocenters. The summed E-state index contributed by atoms with van der Waals surface area (Å²) < 4.78 is 0. The Morgan fingerprint density at radius 3 is 2.24 bits per heavy atom. The molecule has 0 heteroatoms. The summed E-state index contributed by atoms with van der Waals surface area (Å²) in [5.41, 5.74) is 0. The lowest BCUT2D eigenvalue weighted by atomic mass is 9.54. The first-order chi connectivity index (χ1) is 8.43. The normalized spacial score (nSPS) is 53.6. The lowest BCUT2D eigenvalue weighted by Gasteiger charge is -2.51. The van der Waals surface area contributed by atoms with E-state index in [-0.39, 0.29) is 0 Å². The van der Waals surface area contributed by atoms with Crippen LogP contribution in [0.3, 0.4) is 0 Å². The zero-order chi connectivity index (χ0) is 11.2. The standard InChI is InChI=1S/C17H27/c1-2-6-14-12(4-1)8-10-17-15-7-3-5-13(15)9-11-16(14)17/h1,12-17H,2-11H2/t12?,13-,14-,15+,16+,17-/m0/s1. The number of fused-ring (bicyclic) bond motifs is 5. The van der Waals surface area contributed by atoms with Crippen molar-refractivity contribution in [2.45, 2.75) is 64.2 Å². The van der Waals surface area contributed by atoms with Crippen LogP contribution in [0.5, 0.6) is 0 Å². The van der Waals surface area contributed by atoms with Gasteiger partial charge in [-0.15, -0.1) is 0 Å². The fourth-order valence-corrected chi connectivity index (χ4v) is 6.24. The second-order valence-corrected chi connectivity index (χ2v) is 7.36. The molecule has 0 N–H and O–H groups in total. The summed E-state index contributed by atoms with van der Waals surface area (Å²) >= 11 is 0. The van der Waals surface area contributed by atoms with Crippen molar-refractivity contribution < 1.29 is 0 Å². The molecule has 0 nitrogen and oxygen atoms in total. The van der Waals surface area contributed by atoms with Crippen LogP contribution < -0.4 is 0 Å². The Morgan fingerprint density at radius 1 is 0.588 bits per heavy atom. The average molecular weight is 231 g/mol. The smallest absolute Gasteiger partial charge is 0.0352 e. The molecule has 4 rings (SSSR count). The molecule has 95 valence electrons. The first kappa shape index (κ1) is 10.9. The highest BCUT2D eigenvalue weighted by molar-refractivity contribution is 4.99. The summed E-state index contributed by atoms with van der Waals surface area (Å²) in [5, 5.41) is 0. The molecular formula is C17H27. The third-order valence-electron chi connectivity index (χ3n) is 6.89. The number of hydrogen-bond acceptors (Lipinski definition) is 0. The van der Waals surface area contributed by atoms with Gasteiger partial charge in [0.05, 0.1) is 0 Å². The number of hydrogen-bond donors (Lipinski definition) is 0. The molecule has 0 aliphatic heterocycles. The van der Waals surface area contributed by atoms with E-state index in [1.165, 1.54) is 18.8 Å². The molecule has 4 aliphatic carbocycles. The van der Waals surface area contributed by atoms with Crippen molar-refractivity contribution in [1.29, 1.82) is 0 Å². The molecule has 0 spiro atoms. The van der Waals surface area contributed by atoms with Crippen LogP contribution >= 0.6 is 0 Å². The molecule has 4 saturated carbocycles. The molecule has 4 fully saturated rings. The maximum Gasteiger partial charge on any atom is -0.0352 e. The fraction of sp³-hybridized carbons (Fsp3) is 0.941. The van der Waals surface area contributed by atoms with E-state index in [0.29, 0.717) is 0 Å². The van der Waals surface area contributed by atoms with Crippen LogP contribution in [0.2, 0.25) is 0 Å². The molecule has 0 bridgehead atoms. The van der Waals surface area contributed by atoms with E-state index in [1.54, 1.807) is 51.4 Å². The third-order valence-corrected chi connectivity index (χ3v) is 6.89. The molecule has 17 heavy (non-hydrogen) atoms. The first-order valence-corrected chi connectivity index (χ1v) is 8.25. The fourth-order valence-electron chi connectivity index (χ4n) is 6.24. The maximum absolute atomic E-state index is 2.59. The van der Waals surface area contributed by atoms with Crippen molar-refractivity contribution in [2.75, 3.05) is 0 Å². The van der Waals surface area contributed by atoms with Crippen molar-refractivity contribution in [3.05, 3.63) is 6.42 Å². The molecule has 1 unspecified atom stereocenters. The van der Waals surface area contributed by atoms with Gasteiger partial charge in [-0.25, -0.2) is 0 Å². The summed E-state index contributed by atoms with van der Waals surface area (Å²) in [5.74, 6) is 6.88. The zero-order valence-electron chi connectivity index (χ0n) is 11.1. The summed E-state index contributed by atoms with van der Waals surface area (Å²) in [6, 6.07) is 0. The largest absolute Gasteiger partial charge is 0.0527 e. The van der Waals surface area contributed by atoms with Crippen LogP contribution in [-0.2, 0) is 0 Å². The Morgan fingerprint density at radius 2 is 1.35 bits per heavy atom. The van der Waals surface area contributed by atoms with Gasteiger partial charge in [0.2, 0.25) is 0 Å². The van der Waals surface area contributed by atoms with Gasteiger partial charge in [-0.2, -0.15) is 0 Å². The predicted molar refractivity (Wildman–Crippen MR) is 71.4 cm³/mol. The Bertz CT molecular complexity index is 282. The Balaban J connectivity index is 1.56. The molecule has 0 saturated heterocycles. The maximum atomic E-state index is 2.59. The van der Waals surface area contributed by atoms with Crippen molar-refractivity contribution in [3.63, 3.8) is 0 Å². The van der Waals surface area contributed by atoms with Gasteiger partial charge in [0.15, 0.2) is 0 Å². The summed E-state index contributed by atoms with van der Waals surface area (Å²) in [7, 11) is 0. The third kappa shape index (κ3) is 1.70. The van der Waals surface area contributed by atoms with Gasteiger partial charge in [0.1, 0.15) is 0 Å². The van der Waals surface area contributed by atoms with Crippen LogP contribution in [0.25, 0.3) is 0 Å². The average Bonchev–Trinajstić information content (AvgIpc) is 2.86. The molecule has 0 aromatic carbocycles. The van der Waals surface area contributed by atoms with E-state index in [4.69, 9.17) is 0 Å². The first-order valence-electron chi connectivity index (χ1n) is 8.25. The summed E-state index contributed by atoms with van der Waals surface area (Å²) in [6.07, 6.45) is 18.1. The van der Waals surface area contributed by atoms with Crippen LogP contribution in [0, 0.1) is 41.9 Å². The summed E-state index contributed by atoms with van der Waals surface area (Å²) in [6.45, 7) is 0. The van der Waals surface area contributed by atoms with Crippen LogP contribution in [0.15, 0.2) is 0 Å². The lowest BCUT2D eigenvalue weighted by molar-refractivity contribution is -0.0117. The second-order valence-electron chi connectivity index (χ2n) is 7.36. The van der Waals surface area contributed by atoms with Gasteiger partial charge >= 0.3 is 0 Å². The molecule has 0 aromatic rings. The minimum Gasteiger partial charge on any atom is -0.0527 e. The molecule has 0 aromatic heterocycles. The Labute approximate surface area is 107 Å². The molecule has 1 radical (unpaired) electrons. The van der Waals surface area contributed by atoms with Crippen molar-refractivity contribution in [2.24, 2.45) is 35.5 Å². The zero-order valence-corrected chi connectivity index (χ0v) is 11.1. The van der Waals surface area contributed by atoms with Crippen LogP contribution in [-0.4, -0.2) is 0 Å². The van der Waals surface area contributed by atoms with Gasteiger partial charge in [-0.3, -0.25) is 0 Å². The molecule has 4 aliphatic rings. The lowest BCUT2D eigenvalue weighted by Crippen LogP contribution is -2.43. The van der Waals surface area contributed by atoms with Crippen molar-refractivity contribution in [3.8, 4) is 0 Å². The van der Waals surface area contributed by atoms with Gasteiger partial charge < -0.3 is 0 Å². The highest BCUT2D eigenvalue weighted by atomic mass is 14.5. The van der Waals surface area contributed by atoms with E-state index in [0.717, 1.165) is 29.6 Å². The molecule has 0 heterocycles. The van der Waals surface area contributed by atoms with Gasteiger partial charge in [0, 0.05) is 0 Å². The highest BCUT2D eigenvalue weighted by Gasteiger charge is 2.48. The summed E-state index contributed by atoms with van der Waals surface area (Å²) in [4.78, 5) is 0. The van der Waals surface area contributed by atoms with Gasteiger partial charge in [0.25, 0.3) is 0 Å². The Kier molecular flexibility index (Phi) is 2.74. The SMILES string of the molecule is [CH]1CC[C@H]2C(C1)CC[C@H]1[C@@H]3CCC[C@H]3CC[C@@H]12. The monoisotopic (exact) mass is 231 g/mol. The van der Waals surface area contributed by atoms with E-state index in [9.17, 15) is 0 Å². The van der Waals surface area contributed by atoms with Gasteiger partial charge in [-0.05, 0) is 93.3 Å². The topological polar surface area (TPSA) is 0 Å². The quantitative estimate of drug-likeness (QED) is 0.559. The minimum atomic E-state index is 1.10. The molecular weight excluding hydrogens is 204 g/mol.